The lowest BCUT2D eigenvalue weighted by Gasteiger charge is -2.39. The van der Waals surface area contributed by atoms with E-state index in [9.17, 15) is 0 Å². The van der Waals surface area contributed by atoms with Gasteiger partial charge in [-0.05, 0) is 15.6 Å². The molecule has 0 radical (unpaired) electrons. The minimum atomic E-state index is -1.27. The Morgan fingerprint density at radius 3 is 2.43 bits per heavy atom. The molecule has 0 aromatic heterocycles. The maximum absolute atomic E-state index is 2.62. The van der Waals surface area contributed by atoms with Gasteiger partial charge in [-0.25, -0.2) is 0 Å². The minimum absolute atomic E-state index is 0.613. The second-order valence-electron chi connectivity index (χ2n) is 6.82. The predicted octanol–water partition coefficient (Wildman–Crippen LogP) is 6.63. The second-order valence-corrected chi connectivity index (χ2v) is 14.6. The molecular formula is C18H26S2Si. The van der Waals surface area contributed by atoms with E-state index in [2.05, 4.69) is 73.0 Å². The molecule has 3 heteroatoms. The van der Waals surface area contributed by atoms with Crippen LogP contribution < -0.4 is 0 Å². The normalized spacial score (nSPS) is 24.7. The lowest BCUT2D eigenvalue weighted by atomic mass is 10.0. The third-order valence-corrected chi connectivity index (χ3v) is 13.6. The SMILES string of the molecule is C[Si](C)(C1=CCSC(c2ccccc2)S1)C1CCCCC1. The van der Waals surface area contributed by atoms with Gasteiger partial charge in [0.05, 0.1) is 12.7 Å². The molecule has 0 saturated heterocycles. The first kappa shape index (κ1) is 15.8. The number of hydrogen-bond donors (Lipinski definition) is 0. The van der Waals surface area contributed by atoms with Gasteiger partial charge in [0.2, 0.25) is 0 Å². The molecule has 0 N–H and O–H groups in total. The van der Waals surface area contributed by atoms with Gasteiger partial charge in [-0.1, -0.05) is 81.6 Å². The monoisotopic (exact) mass is 334 g/mol. The van der Waals surface area contributed by atoms with Crippen LogP contribution in [-0.4, -0.2) is 13.8 Å². The van der Waals surface area contributed by atoms with E-state index in [1.807, 2.05) is 0 Å². The second kappa shape index (κ2) is 6.97. The van der Waals surface area contributed by atoms with Crippen LogP contribution in [0.15, 0.2) is 40.9 Å². The lowest BCUT2D eigenvalue weighted by Crippen LogP contribution is -2.36. The summed E-state index contributed by atoms with van der Waals surface area (Å²) in [6.07, 6.45) is 9.94. The van der Waals surface area contributed by atoms with Crippen molar-refractivity contribution in [1.82, 2.24) is 0 Å². The molecule has 0 nitrogen and oxygen atoms in total. The van der Waals surface area contributed by atoms with E-state index < -0.39 is 8.07 Å². The van der Waals surface area contributed by atoms with E-state index in [1.54, 1.807) is 4.53 Å². The van der Waals surface area contributed by atoms with Crippen LogP contribution in [0, 0.1) is 0 Å². The molecule has 114 valence electrons. The molecule has 1 aromatic rings. The average Bonchev–Trinajstić information content (AvgIpc) is 2.57. The number of thioether (sulfide) groups is 2. The Bertz CT molecular complexity index is 489. The molecule has 3 rings (SSSR count). The highest BCUT2D eigenvalue weighted by molar-refractivity contribution is 8.19. The third kappa shape index (κ3) is 3.62. The van der Waals surface area contributed by atoms with Gasteiger partial charge in [-0.3, -0.25) is 0 Å². The zero-order chi connectivity index (χ0) is 14.7. The summed E-state index contributed by atoms with van der Waals surface area (Å²) >= 11 is 4.26. The van der Waals surface area contributed by atoms with E-state index >= 15 is 0 Å². The number of benzene rings is 1. The van der Waals surface area contributed by atoms with Crippen LogP contribution in [0.3, 0.4) is 0 Å². The average molecular weight is 335 g/mol. The van der Waals surface area contributed by atoms with Gasteiger partial charge in [0.1, 0.15) is 0 Å². The molecule has 1 aliphatic heterocycles. The van der Waals surface area contributed by atoms with E-state index in [0.717, 1.165) is 5.54 Å². The van der Waals surface area contributed by atoms with Gasteiger partial charge < -0.3 is 0 Å². The molecule has 1 atom stereocenters. The highest BCUT2D eigenvalue weighted by Gasteiger charge is 2.38. The molecule has 1 fully saturated rings. The van der Waals surface area contributed by atoms with Crippen molar-refractivity contribution in [3.05, 3.63) is 46.5 Å². The maximum atomic E-state index is 2.62. The lowest BCUT2D eigenvalue weighted by molar-refractivity contribution is 0.494. The quantitative estimate of drug-likeness (QED) is 0.569. The molecule has 0 amide bonds. The standard InChI is InChI=1S/C18H26S2Si/c1-21(2,16-11-7-4-8-12-16)17-13-14-19-18(20-17)15-9-5-3-6-10-15/h3,5-6,9-10,13,16,18H,4,7-8,11-12,14H2,1-2H3. The fourth-order valence-corrected chi connectivity index (χ4v) is 11.4. The zero-order valence-corrected chi connectivity index (χ0v) is 15.8. The third-order valence-electron chi connectivity index (χ3n) is 5.08. The topological polar surface area (TPSA) is 0 Å². The summed E-state index contributed by atoms with van der Waals surface area (Å²) in [6, 6.07) is 11.1. The first-order valence-corrected chi connectivity index (χ1v) is 13.2. The molecule has 0 bridgehead atoms. The van der Waals surface area contributed by atoms with Crippen molar-refractivity contribution in [3.8, 4) is 0 Å². The summed E-state index contributed by atoms with van der Waals surface area (Å²) in [5.41, 5.74) is 2.51. The van der Waals surface area contributed by atoms with E-state index in [1.165, 1.54) is 43.4 Å². The Morgan fingerprint density at radius 2 is 1.71 bits per heavy atom. The van der Waals surface area contributed by atoms with Gasteiger partial charge >= 0.3 is 0 Å². The first-order chi connectivity index (χ1) is 10.2. The van der Waals surface area contributed by atoms with Crippen molar-refractivity contribution >= 4 is 31.6 Å². The Kier molecular flexibility index (Phi) is 5.23. The largest absolute Gasteiger partial charge is 0.138 e. The van der Waals surface area contributed by atoms with Gasteiger partial charge in [-0.15, -0.1) is 23.5 Å². The smallest absolute Gasteiger partial charge is 0.0915 e. The fourth-order valence-electron chi connectivity index (χ4n) is 3.62. The van der Waals surface area contributed by atoms with Gasteiger partial charge in [0.15, 0.2) is 0 Å². The number of rotatable bonds is 3. The summed E-state index contributed by atoms with van der Waals surface area (Å²) in [5, 5.41) is 0. The van der Waals surface area contributed by atoms with Crippen molar-refractivity contribution in [2.45, 2.75) is 55.3 Å². The minimum Gasteiger partial charge on any atom is -0.138 e. The van der Waals surface area contributed by atoms with Crippen molar-refractivity contribution < 1.29 is 0 Å². The maximum Gasteiger partial charge on any atom is 0.0915 e. The van der Waals surface area contributed by atoms with Crippen LogP contribution in [0.2, 0.25) is 18.6 Å². The zero-order valence-electron chi connectivity index (χ0n) is 13.2. The molecular weight excluding hydrogens is 308 g/mol. The Balaban J connectivity index is 1.74. The van der Waals surface area contributed by atoms with Gasteiger partial charge in [0.25, 0.3) is 0 Å². The highest BCUT2D eigenvalue weighted by Crippen LogP contribution is 2.53. The van der Waals surface area contributed by atoms with Crippen LogP contribution in [0.25, 0.3) is 0 Å². The van der Waals surface area contributed by atoms with Crippen molar-refractivity contribution in [2.75, 3.05) is 5.75 Å². The van der Waals surface area contributed by atoms with Crippen molar-refractivity contribution in [2.24, 2.45) is 0 Å². The van der Waals surface area contributed by atoms with Gasteiger partial charge in [-0.2, -0.15) is 0 Å². The summed E-state index contributed by atoms with van der Waals surface area (Å²) in [7, 11) is -1.27. The van der Waals surface area contributed by atoms with Crippen LogP contribution in [0.5, 0.6) is 0 Å². The van der Waals surface area contributed by atoms with Crippen LogP contribution >= 0.6 is 23.5 Å². The van der Waals surface area contributed by atoms with Gasteiger partial charge in [0, 0.05) is 5.75 Å². The molecule has 2 aliphatic rings. The van der Waals surface area contributed by atoms with Crippen molar-refractivity contribution in [1.29, 1.82) is 0 Å². The summed E-state index contributed by atoms with van der Waals surface area (Å²) < 4.78 is 2.39. The van der Waals surface area contributed by atoms with Crippen LogP contribution in [0.1, 0.15) is 42.2 Å². The summed E-state index contributed by atoms with van der Waals surface area (Å²) in [6.45, 7) is 5.25. The van der Waals surface area contributed by atoms with E-state index in [4.69, 9.17) is 0 Å². The molecule has 0 spiro atoms. The highest BCUT2D eigenvalue weighted by atomic mass is 32.2. The fraction of sp³-hybridized carbons (Fsp3) is 0.556. The molecule has 1 saturated carbocycles. The van der Waals surface area contributed by atoms with Crippen molar-refractivity contribution in [3.63, 3.8) is 0 Å². The predicted molar refractivity (Wildman–Crippen MR) is 102 cm³/mol. The first-order valence-electron chi connectivity index (χ1n) is 8.22. The molecule has 1 heterocycles. The van der Waals surface area contributed by atoms with E-state index in [0.29, 0.717) is 4.58 Å². The Morgan fingerprint density at radius 1 is 1.00 bits per heavy atom. The molecule has 21 heavy (non-hydrogen) atoms. The van der Waals surface area contributed by atoms with Crippen LogP contribution in [-0.2, 0) is 0 Å². The van der Waals surface area contributed by atoms with Crippen LogP contribution in [0.4, 0.5) is 0 Å². The molecule has 1 aromatic carbocycles. The molecule has 1 aliphatic carbocycles. The summed E-state index contributed by atoms with van der Waals surface area (Å²) in [4.78, 5) is 0. The van der Waals surface area contributed by atoms with E-state index in [-0.39, 0.29) is 0 Å². The Hall–Kier alpha value is -0.123. The Labute approximate surface area is 139 Å². The summed E-state index contributed by atoms with van der Waals surface area (Å²) in [5.74, 6) is 1.20. The number of hydrogen-bond acceptors (Lipinski definition) is 2. The molecule has 1 unspecified atom stereocenters.